The minimum atomic E-state index is -2.87. The van der Waals surface area contributed by atoms with E-state index < -0.39 is 30.3 Å². The molecule has 2 aromatic rings. The Kier molecular flexibility index (Phi) is 5.35. The normalized spacial score (nSPS) is 21.8. The average Bonchev–Trinajstić information content (AvgIpc) is 3.55. The molecule has 0 spiro atoms. The van der Waals surface area contributed by atoms with Gasteiger partial charge in [0.25, 0.3) is 11.8 Å². The highest BCUT2D eigenvalue weighted by atomic mass is 19.3. The monoisotopic (exact) mass is 493 g/mol. The maximum Gasteiger partial charge on any atom is 0.319 e. The average molecular weight is 494 g/mol. The zero-order valence-corrected chi connectivity index (χ0v) is 19.7. The standard InChI is InChI=1S/C25H25F2N7O2/c26-25(27)13-34(14-25)22(35)18-10-20(32-23(31-18)36-15-24(12-28)5-6-24)33-8-3-16(4-9-33)21-17-2-1-7-29-19(17)11-30-21/h1-2,7,10,16H,3-6,8-9,11,13-15H2. The summed E-state index contributed by atoms with van der Waals surface area (Å²) in [6, 6.07) is 7.80. The molecule has 0 N–H and O–H groups in total. The number of pyridine rings is 1. The molecule has 9 nitrogen and oxygen atoms in total. The van der Waals surface area contributed by atoms with Crippen molar-refractivity contribution >= 4 is 17.4 Å². The Morgan fingerprint density at radius 1 is 1.22 bits per heavy atom. The second-order valence-corrected chi connectivity index (χ2v) is 10.1. The van der Waals surface area contributed by atoms with Crippen LogP contribution in [0.4, 0.5) is 14.6 Å². The number of carbonyl (C=O) groups excluding carboxylic acids is 1. The van der Waals surface area contributed by atoms with E-state index in [1.54, 1.807) is 12.3 Å². The summed E-state index contributed by atoms with van der Waals surface area (Å²) in [6.07, 6.45) is 4.98. The summed E-state index contributed by atoms with van der Waals surface area (Å²) in [5.74, 6) is -2.62. The van der Waals surface area contributed by atoms with Gasteiger partial charge in [-0.15, -0.1) is 0 Å². The van der Waals surface area contributed by atoms with Crippen LogP contribution in [0.2, 0.25) is 0 Å². The maximum atomic E-state index is 13.4. The molecule has 4 aliphatic rings. The molecule has 0 radical (unpaired) electrons. The van der Waals surface area contributed by atoms with Crippen LogP contribution in [0.15, 0.2) is 29.4 Å². The van der Waals surface area contributed by atoms with Crippen molar-refractivity contribution in [2.24, 2.45) is 16.3 Å². The predicted molar refractivity (Wildman–Crippen MR) is 125 cm³/mol. The molecule has 1 aliphatic carbocycles. The molecule has 0 aromatic carbocycles. The van der Waals surface area contributed by atoms with Crippen LogP contribution in [0.25, 0.3) is 0 Å². The number of nitriles is 1. The highest BCUT2D eigenvalue weighted by Crippen LogP contribution is 2.45. The second-order valence-electron chi connectivity index (χ2n) is 10.1. The molecule has 0 unspecified atom stereocenters. The minimum absolute atomic E-state index is 0.00745. The third-order valence-electron chi connectivity index (χ3n) is 7.38. The summed E-state index contributed by atoms with van der Waals surface area (Å²) in [5.41, 5.74) is 2.73. The summed E-state index contributed by atoms with van der Waals surface area (Å²) in [4.78, 5) is 33.9. The highest BCUT2D eigenvalue weighted by molar-refractivity contribution is 6.04. The Balaban J connectivity index is 1.19. The zero-order valence-electron chi connectivity index (χ0n) is 19.7. The Labute approximate surface area is 206 Å². The van der Waals surface area contributed by atoms with Crippen molar-refractivity contribution in [2.45, 2.75) is 38.2 Å². The lowest BCUT2D eigenvalue weighted by Crippen LogP contribution is -2.58. The van der Waals surface area contributed by atoms with Crippen LogP contribution < -0.4 is 9.64 Å². The van der Waals surface area contributed by atoms with E-state index >= 15 is 0 Å². The van der Waals surface area contributed by atoms with Crippen molar-refractivity contribution in [3.8, 4) is 12.1 Å². The SMILES string of the molecule is N#CC1(COc2nc(C(=O)N3CC(F)(F)C3)cc(N3CCC(C4=NCc5ncccc54)CC3)n2)CC1. The van der Waals surface area contributed by atoms with Crippen LogP contribution in [-0.2, 0) is 6.54 Å². The number of amides is 1. The van der Waals surface area contributed by atoms with E-state index in [-0.39, 0.29) is 18.3 Å². The highest BCUT2D eigenvalue weighted by Gasteiger charge is 2.47. The molecule has 0 atom stereocenters. The first-order chi connectivity index (χ1) is 17.3. The number of carbonyl (C=O) groups is 1. The Bertz CT molecular complexity index is 1270. The molecule has 2 saturated heterocycles. The van der Waals surface area contributed by atoms with Crippen LogP contribution in [0.1, 0.15) is 47.4 Å². The maximum absolute atomic E-state index is 13.4. The quantitative estimate of drug-likeness (QED) is 0.609. The molecule has 6 rings (SSSR count). The number of nitrogens with zero attached hydrogens (tertiary/aromatic N) is 7. The van der Waals surface area contributed by atoms with E-state index in [9.17, 15) is 18.8 Å². The van der Waals surface area contributed by atoms with E-state index in [0.29, 0.717) is 31.4 Å². The molecule has 1 saturated carbocycles. The van der Waals surface area contributed by atoms with Gasteiger partial charge in [-0.2, -0.15) is 15.2 Å². The fourth-order valence-electron chi connectivity index (χ4n) is 4.98. The predicted octanol–water partition coefficient (Wildman–Crippen LogP) is 2.86. The van der Waals surface area contributed by atoms with Crippen molar-refractivity contribution in [1.82, 2.24) is 19.9 Å². The van der Waals surface area contributed by atoms with Gasteiger partial charge >= 0.3 is 6.01 Å². The number of anilines is 1. The second kappa shape index (κ2) is 8.47. The minimum Gasteiger partial charge on any atom is -0.462 e. The molecule has 3 fully saturated rings. The van der Waals surface area contributed by atoms with Crippen LogP contribution in [0.3, 0.4) is 0 Å². The van der Waals surface area contributed by atoms with Gasteiger partial charge in [-0.1, -0.05) is 0 Å². The van der Waals surface area contributed by atoms with E-state index in [1.165, 1.54) is 0 Å². The summed E-state index contributed by atoms with van der Waals surface area (Å²) in [7, 11) is 0. The van der Waals surface area contributed by atoms with Crippen LogP contribution in [0.5, 0.6) is 6.01 Å². The largest absolute Gasteiger partial charge is 0.462 e. The van der Waals surface area contributed by atoms with Crippen molar-refractivity contribution in [1.29, 1.82) is 5.26 Å². The van der Waals surface area contributed by atoms with Gasteiger partial charge in [0.1, 0.15) is 18.1 Å². The van der Waals surface area contributed by atoms with Crippen molar-refractivity contribution in [2.75, 3.05) is 37.7 Å². The number of likely N-dealkylation sites (tertiary alicyclic amines) is 1. The molecule has 3 aliphatic heterocycles. The molecule has 11 heteroatoms. The molecular formula is C25H25F2N7O2. The summed E-state index contributed by atoms with van der Waals surface area (Å²) in [6.45, 7) is 0.882. The number of halogens is 2. The van der Waals surface area contributed by atoms with Crippen LogP contribution in [-0.4, -0.2) is 70.2 Å². The number of hydrogen-bond acceptors (Lipinski definition) is 8. The number of fused-ring (bicyclic) bond motifs is 1. The first kappa shape index (κ1) is 22.8. The van der Waals surface area contributed by atoms with Gasteiger partial charge in [0, 0.05) is 42.5 Å². The summed E-state index contributed by atoms with van der Waals surface area (Å²) >= 11 is 0. The van der Waals surface area contributed by atoms with Crippen LogP contribution in [0, 0.1) is 22.7 Å². The first-order valence-electron chi connectivity index (χ1n) is 12.2. The molecular weight excluding hydrogens is 468 g/mol. The van der Waals surface area contributed by atoms with Crippen LogP contribution >= 0.6 is 0 Å². The van der Waals surface area contributed by atoms with Crippen molar-refractivity contribution in [3.63, 3.8) is 0 Å². The van der Waals surface area contributed by atoms with E-state index in [2.05, 4.69) is 32.0 Å². The third-order valence-corrected chi connectivity index (χ3v) is 7.38. The first-order valence-corrected chi connectivity index (χ1v) is 12.2. The fourth-order valence-corrected chi connectivity index (χ4v) is 4.98. The summed E-state index contributed by atoms with van der Waals surface area (Å²) in [5, 5.41) is 9.35. The van der Waals surface area contributed by atoms with E-state index in [4.69, 9.17) is 9.73 Å². The molecule has 1 amide bonds. The molecule has 36 heavy (non-hydrogen) atoms. The topological polar surface area (TPSA) is 108 Å². The Morgan fingerprint density at radius 3 is 2.69 bits per heavy atom. The number of aromatic nitrogens is 3. The molecule has 0 bridgehead atoms. The van der Waals surface area contributed by atoms with Gasteiger partial charge in [-0.25, -0.2) is 8.78 Å². The van der Waals surface area contributed by atoms with Gasteiger partial charge in [0.2, 0.25) is 0 Å². The number of aliphatic imine (C=N–C) groups is 1. The van der Waals surface area contributed by atoms with Crippen molar-refractivity contribution < 1.29 is 18.3 Å². The van der Waals surface area contributed by atoms with E-state index in [0.717, 1.165) is 47.6 Å². The van der Waals surface area contributed by atoms with Gasteiger partial charge in [0.15, 0.2) is 0 Å². The molecule has 5 heterocycles. The molecule has 186 valence electrons. The number of alkyl halides is 2. The number of hydrogen-bond donors (Lipinski definition) is 0. The third kappa shape index (κ3) is 4.25. The number of rotatable bonds is 6. The smallest absolute Gasteiger partial charge is 0.319 e. The van der Waals surface area contributed by atoms with E-state index in [1.807, 2.05) is 6.07 Å². The Morgan fingerprint density at radius 2 is 2.00 bits per heavy atom. The lowest BCUT2D eigenvalue weighted by molar-refractivity contribution is -0.113. The lowest BCUT2D eigenvalue weighted by atomic mass is 9.88. The number of piperidine rings is 1. The van der Waals surface area contributed by atoms with Gasteiger partial charge in [-0.05, 0) is 37.8 Å². The lowest BCUT2D eigenvalue weighted by Gasteiger charge is -2.38. The number of ether oxygens (including phenoxy) is 1. The Hall–Kier alpha value is -3.68. The van der Waals surface area contributed by atoms with Gasteiger partial charge in [-0.3, -0.25) is 14.8 Å². The molecule has 2 aromatic heterocycles. The van der Waals surface area contributed by atoms with Gasteiger partial charge in [0.05, 0.1) is 36.8 Å². The van der Waals surface area contributed by atoms with Gasteiger partial charge < -0.3 is 14.5 Å². The zero-order chi connectivity index (χ0) is 24.9. The van der Waals surface area contributed by atoms with Crippen molar-refractivity contribution in [3.05, 3.63) is 41.3 Å². The summed E-state index contributed by atoms with van der Waals surface area (Å²) < 4.78 is 32.5. The fraction of sp³-hybridized carbons (Fsp3) is 0.520.